The summed E-state index contributed by atoms with van der Waals surface area (Å²) in [5.41, 5.74) is 0.514. The molecule has 0 unspecified atom stereocenters. The molecule has 1 aliphatic heterocycles. The van der Waals surface area contributed by atoms with Gasteiger partial charge < -0.3 is 20.1 Å². The first-order chi connectivity index (χ1) is 10.6. The number of aliphatic hydroxyl groups excluding tert-OH is 1. The van der Waals surface area contributed by atoms with E-state index in [4.69, 9.17) is 33.0 Å². The lowest BCUT2D eigenvalue weighted by molar-refractivity contribution is 0.0101. The lowest BCUT2D eigenvalue weighted by Crippen LogP contribution is -2.43. The quantitative estimate of drug-likeness (QED) is 0.803. The fraction of sp³-hybridized carbons (Fsp3) is 0.533. The number of nitrogens with one attached hydrogen (secondary N) is 1. The monoisotopic (exact) mass is 346 g/mol. The molecule has 1 heterocycles. The Hall–Kier alpha value is -1.01. The van der Waals surface area contributed by atoms with Gasteiger partial charge in [0.15, 0.2) is 0 Å². The minimum atomic E-state index is -0.182. The molecule has 1 saturated heterocycles. The molecule has 2 N–H and O–H groups in total. The van der Waals surface area contributed by atoms with Crippen LogP contribution in [0.4, 0.5) is 10.5 Å². The molecule has 0 aliphatic carbocycles. The molecular weight excluding hydrogens is 327 g/mol. The zero-order valence-corrected chi connectivity index (χ0v) is 13.7. The minimum Gasteiger partial charge on any atom is -0.396 e. The number of amides is 2. The van der Waals surface area contributed by atoms with Crippen LogP contribution in [-0.2, 0) is 4.74 Å². The predicted molar refractivity (Wildman–Crippen MR) is 87.7 cm³/mol. The molecule has 0 saturated carbocycles. The van der Waals surface area contributed by atoms with Crippen molar-refractivity contribution in [3.8, 4) is 0 Å². The minimum absolute atomic E-state index is 0.141. The van der Waals surface area contributed by atoms with E-state index in [1.165, 1.54) is 0 Å². The number of nitrogens with zero attached hydrogens (tertiary/aromatic N) is 1. The molecule has 0 bridgehead atoms. The highest BCUT2D eigenvalue weighted by Gasteiger charge is 2.23. The third-order valence-electron chi connectivity index (χ3n) is 3.56. The van der Waals surface area contributed by atoms with Gasteiger partial charge in [-0.05, 0) is 37.5 Å². The van der Waals surface area contributed by atoms with Crippen LogP contribution in [0.15, 0.2) is 18.2 Å². The van der Waals surface area contributed by atoms with Gasteiger partial charge in [-0.15, -0.1) is 0 Å². The third-order valence-corrected chi connectivity index (χ3v) is 4.12. The van der Waals surface area contributed by atoms with Crippen molar-refractivity contribution >= 4 is 34.9 Å². The number of likely N-dealkylation sites (tertiary alicyclic amines) is 1. The topological polar surface area (TPSA) is 61.8 Å². The number of hydrogen-bond donors (Lipinski definition) is 2. The third kappa shape index (κ3) is 5.02. The van der Waals surface area contributed by atoms with Gasteiger partial charge in [0.2, 0.25) is 0 Å². The first-order valence-corrected chi connectivity index (χ1v) is 8.09. The normalized spacial score (nSPS) is 15.9. The second-order valence-electron chi connectivity index (χ2n) is 5.19. The molecule has 0 spiro atoms. The second-order valence-corrected chi connectivity index (χ2v) is 6.03. The fourth-order valence-corrected chi connectivity index (χ4v) is 2.66. The van der Waals surface area contributed by atoms with E-state index in [0.717, 1.165) is 12.8 Å². The average Bonchev–Trinajstić information content (AvgIpc) is 2.52. The molecule has 1 fully saturated rings. The Kier molecular flexibility index (Phi) is 6.76. The predicted octanol–water partition coefficient (Wildman–Crippen LogP) is 3.39. The van der Waals surface area contributed by atoms with Gasteiger partial charge in [-0.1, -0.05) is 23.2 Å². The largest absolute Gasteiger partial charge is 0.396 e. The Morgan fingerprint density at radius 3 is 2.77 bits per heavy atom. The molecule has 5 nitrogen and oxygen atoms in total. The summed E-state index contributed by atoms with van der Waals surface area (Å²) in [7, 11) is 0. The van der Waals surface area contributed by atoms with Crippen LogP contribution in [0.5, 0.6) is 0 Å². The van der Waals surface area contributed by atoms with Crippen LogP contribution in [0.3, 0.4) is 0 Å². The Balaban J connectivity index is 1.81. The van der Waals surface area contributed by atoms with E-state index in [1.807, 2.05) is 0 Å². The first-order valence-electron chi connectivity index (χ1n) is 7.33. The number of hydrogen-bond acceptors (Lipinski definition) is 3. The number of anilines is 1. The molecule has 2 rings (SSSR count). The molecule has 2 amide bonds. The summed E-state index contributed by atoms with van der Waals surface area (Å²) in [6, 6.07) is 4.78. The maximum absolute atomic E-state index is 12.2. The van der Waals surface area contributed by atoms with Crippen LogP contribution in [0.2, 0.25) is 10.0 Å². The van der Waals surface area contributed by atoms with Gasteiger partial charge in [-0.25, -0.2) is 4.79 Å². The van der Waals surface area contributed by atoms with Crippen molar-refractivity contribution in [3.05, 3.63) is 28.2 Å². The lowest BCUT2D eigenvalue weighted by Gasteiger charge is -2.32. The summed E-state index contributed by atoms with van der Waals surface area (Å²) in [6.07, 6.45) is 2.39. The summed E-state index contributed by atoms with van der Waals surface area (Å²) in [5, 5.41) is 12.5. The van der Waals surface area contributed by atoms with Crippen LogP contribution in [0, 0.1) is 0 Å². The number of benzene rings is 1. The van der Waals surface area contributed by atoms with E-state index in [1.54, 1.807) is 23.1 Å². The standard InChI is InChI=1S/C15H20Cl2N2O3/c16-11-2-3-13(17)14(10-11)18-15(21)19-6-4-12(5-7-19)22-9-1-8-20/h2-3,10,12,20H,1,4-9H2,(H,18,21). The summed E-state index contributed by atoms with van der Waals surface area (Å²) < 4.78 is 5.65. The molecule has 1 aromatic carbocycles. The number of halogens is 2. The number of carbonyl (C=O) groups is 1. The van der Waals surface area contributed by atoms with Crippen molar-refractivity contribution in [2.45, 2.75) is 25.4 Å². The maximum Gasteiger partial charge on any atom is 0.321 e. The fourth-order valence-electron chi connectivity index (χ4n) is 2.33. The van der Waals surface area contributed by atoms with E-state index in [0.29, 0.717) is 41.8 Å². The molecular formula is C15H20Cl2N2O3. The van der Waals surface area contributed by atoms with Gasteiger partial charge in [0.1, 0.15) is 0 Å². The van der Waals surface area contributed by atoms with Gasteiger partial charge in [0.05, 0.1) is 16.8 Å². The molecule has 7 heteroatoms. The lowest BCUT2D eigenvalue weighted by atomic mass is 10.1. The van der Waals surface area contributed by atoms with Crippen molar-refractivity contribution in [1.29, 1.82) is 0 Å². The Morgan fingerprint density at radius 1 is 1.36 bits per heavy atom. The van der Waals surface area contributed by atoms with Crippen molar-refractivity contribution < 1.29 is 14.6 Å². The van der Waals surface area contributed by atoms with E-state index in [9.17, 15) is 4.79 Å². The Morgan fingerprint density at radius 2 is 2.09 bits per heavy atom. The van der Waals surface area contributed by atoms with E-state index < -0.39 is 0 Å². The van der Waals surface area contributed by atoms with E-state index in [-0.39, 0.29) is 18.7 Å². The highest BCUT2D eigenvalue weighted by molar-refractivity contribution is 6.35. The molecule has 22 heavy (non-hydrogen) atoms. The van der Waals surface area contributed by atoms with Crippen molar-refractivity contribution in [2.24, 2.45) is 0 Å². The second kappa shape index (κ2) is 8.58. The van der Waals surface area contributed by atoms with Crippen LogP contribution in [0.1, 0.15) is 19.3 Å². The molecule has 122 valence electrons. The van der Waals surface area contributed by atoms with Gasteiger partial charge in [-0.3, -0.25) is 0 Å². The Bertz CT molecular complexity index is 506. The molecule has 1 aliphatic rings. The van der Waals surface area contributed by atoms with E-state index in [2.05, 4.69) is 5.32 Å². The zero-order chi connectivity index (χ0) is 15.9. The highest BCUT2D eigenvalue weighted by atomic mass is 35.5. The molecule has 0 atom stereocenters. The SMILES string of the molecule is O=C(Nc1cc(Cl)ccc1Cl)N1CCC(OCCCO)CC1. The summed E-state index contributed by atoms with van der Waals surface area (Å²) in [6.45, 7) is 1.97. The average molecular weight is 347 g/mol. The Labute approximate surface area is 140 Å². The number of aliphatic hydroxyl groups is 1. The number of piperidine rings is 1. The van der Waals surface area contributed by atoms with Crippen LogP contribution < -0.4 is 5.32 Å². The van der Waals surface area contributed by atoms with Crippen molar-refractivity contribution in [2.75, 3.05) is 31.6 Å². The summed E-state index contributed by atoms with van der Waals surface area (Å²) in [5.74, 6) is 0. The number of ether oxygens (including phenoxy) is 1. The van der Waals surface area contributed by atoms with Crippen molar-refractivity contribution in [3.63, 3.8) is 0 Å². The van der Waals surface area contributed by atoms with Crippen LogP contribution in [-0.4, -0.2) is 48.4 Å². The smallest absolute Gasteiger partial charge is 0.321 e. The van der Waals surface area contributed by atoms with Gasteiger partial charge in [0, 0.05) is 31.3 Å². The zero-order valence-electron chi connectivity index (χ0n) is 12.2. The number of carbonyl (C=O) groups excluding carboxylic acids is 1. The van der Waals surface area contributed by atoms with Gasteiger partial charge >= 0.3 is 6.03 Å². The summed E-state index contributed by atoms with van der Waals surface area (Å²) >= 11 is 11.9. The highest BCUT2D eigenvalue weighted by Crippen LogP contribution is 2.26. The maximum atomic E-state index is 12.2. The van der Waals surface area contributed by atoms with Crippen LogP contribution in [0.25, 0.3) is 0 Å². The molecule has 0 radical (unpaired) electrons. The van der Waals surface area contributed by atoms with E-state index >= 15 is 0 Å². The van der Waals surface area contributed by atoms with Crippen LogP contribution >= 0.6 is 23.2 Å². The molecule has 0 aromatic heterocycles. The van der Waals surface area contributed by atoms with Crippen molar-refractivity contribution in [1.82, 2.24) is 4.90 Å². The number of urea groups is 1. The van der Waals surface area contributed by atoms with Gasteiger partial charge in [0.25, 0.3) is 0 Å². The van der Waals surface area contributed by atoms with Gasteiger partial charge in [-0.2, -0.15) is 0 Å². The number of rotatable bonds is 5. The summed E-state index contributed by atoms with van der Waals surface area (Å²) in [4.78, 5) is 14.0. The molecule has 1 aromatic rings. The first kappa shape index (κ1) is 17.3.